The highest BCUT2D eigenvalue weighted by Gasteiger charge is 2.11. The molecule has 3 N–H and O–H groups in total. The van der Waals surface area contributed by atoms with Gasteiger partial charge in [0, 0.05) is 11.6 Å². The number of phenols is 2. The van der Waals surface area contributed by atoms with E-state index in [9.17, 15) is 15.0 Å². The number of ether oxygens (including phenoxy) is 2. The van der Waals surface area contributed by atoms with Crippen LogP contribution in [0.5, 0.6) is 23.0 Å². The highest BCUT2D eigenvalue weighted by molar-refractivity contribution is 5.97. The maximum absolute atomic E-state index is 12.0. The Kier molecular flexibility index (Phi) is 5.03. The topological polar surface area (TPSA) is 100 Å². The Hall–Kier alpha value is -3.22. The van der Waals surface area contributed by atoms with Crippen LogP contribution in [0.3, 0.4) is 0 Å². The average Bonchev–Trinajstić information content (AvgIpc) is 2.56. The fourth-order valence-corrected chi connectivity index (χ4v) is 1.81. The zero-order valence-corrected chi connectivity index (χ0v) is 12.6. The molecule has 0 atom stereocenters. The van der Waals surface area contributed by atoms with E-state index in [1.165, 1.54) is 38.6 Å². The molecule has 0 aromatic heterocycles. The molecule has 0 fully saturated rings. The summed E-state index contributed by atoms with van der Waals surface area (Å²) in [4.78, 5) is 12.0. The number of hydrogen-bond donors (Lipinski definition) is 3. The Morgan fingerprint density at radius 3 is 2.35 bits per heavy atom. The number of methoxy groups -OCH3 is 2. The van der Waals surface area contributed by atoms with E-state index in [-0.39, 0.29) is 17.1 Å². The highest BCUT2D eigenvalue weighted by Crippen LogP contribution is 2.23. The zero-order valence-electron chi connectivity index (χ0n) is 12.6. The monoisotopic (exact) mass is 316 g/mol. The molecule has 7 nitrogen and oxygen atoms in total. The van der Waals surface area contributed by atoms with Gasteiger partial charge in [-0.05, 0) is 30.3 Å². The van der Waals surface area contributed by atoms with E-state index in [2.05, 4.69) is 10.5 Å². The van der Waals surface area contributed by atoms with Crippen molar-refractivity contribution >= 4 is 12.1 Å². The molecule has 120 valence electrons. The van der Waals surface area contributed by atoms with Crippen LogP contribution in [0, 0.1) is 0 Å². The number of carbonyl (C=O) groups is 1. The average molecular weight is 316 g/mol. The number of benzene rings is 2. The highest BCUT2D eigenvalue weighted by atomic mass is 16.5. The maximum Gasteiger partial charge on any atom is 0.275 e. The Morgan fingerprint density at radius 2 is 1.70 bits per heavy atom. The Morgan fingerprint density at radius 1 is 1.04 bits per heavy atom. The van der Waals surface area contributed by atoms with Crippen molar-refractivity contribution in [2.24, 2.45) is 5.10 Å². The van der Waals surface area contributed by atoms with E-state index in [1.807, 2.05) is 0 Å². The number of hydrazone groups is 1. The first-order valence-electron chi connectivity index (χ1n) is 6.62. The third-order valence-corrected chi connectivity index (χ3v) is 3.05. The number of rotatable bonds is 5. The second kappa shape index (κ2) is 7.17. The van der Waals surface area contributed by atoms with Gasteiger partial charge in [0.05, 0.1) is 26.0 Å². The quantitative estimate of drug-likeness (QED) is 0.577. The van der Waals surface area contributed by atoms with Crippen molar-refractivity contribution in [3.8, 4) is 23.0 Å². The summed E-state index contributed by atoms with van der Waals surface area (Å²) in [5, 5.41) is 23.2. The minimum absolute atomic E-state index is 0.00362. The van der Waals surface area contributed by atoms with Crippen LogP contribution in [0.4, 0.5) is 0 Å². The van der Waals surface area contributed by atoms with Gasteiger partial charge in [0.15, 0.2) is 0 Å². The Bertz CT molecular complexity index is 743. The summed E-state index contributed by atoms with van der Waals surface area (Å²) in [5.41, 5.74) is 2.70. The number of phenolic OH excluding ortho intramolecular Hbond substituents is 2. The fourth-order valence-electron chi connectivity index (χ4n) is 1.81. The standard InChI is InChI=1S/C16H16N2O5/c1-22-11-4-6-14(19)10(7-11)9-17-18-16(21)13-5-3-12(23-2)8-15(13)20/h3-9,19-20H,1-2H3,(H,18,21). The Labute approximate surface area is 132 Å². The number of nitrogens with one attached hydrogen (secondary N) is 1. The van der Waals surface area contributed by atoms with E-state index in [4.69, 9.17) is 9.47 Å². The van der Waals surface area contributed by atoms with Crippen molar-refractivity contribution in [2.75, 3.05) is 14.2 Å². The van der Waals surface area contributed by atoms with Crippen molar-refractivity contribution < 1.29 is 24.5 Å². The minimum atomic E-state index is -0.594. The lowest BCUT2D eigenvalue weighted by Crippen LogP contribution is -2.17. The molecule has 23 heavy (non-hydrogen) atoms. The van der Waals surface area contributed by atoms with Crippen LogP contribution in [-0.2, 0) is 0 Å². The number of hydrogen-bond acceptors (Lipinski definition) is 6. The predicted octanol–water partition coefficient (Wildman–Crippen LogP) is 1.88. The molecule has 0 radical (unpaired) electrons. The normalized spacial score (nSPS) is 10.5. The molecule has 2 rings (SSSR count). The smallest absolute Gasteiger partial charge is 0.275 e. The second-order valence-electron chi connectivity index (χ2n) is 4.51. The van der Waals surface area contributed by atoms with Crippen molar-refractivity contribution in [3.63, 3.8) is 0 Å². The van der Waals surface area contributed by atoms with Gasteiger partial charge in [0.2, 0.25) is 0 Å². The summed E-state index contributed by atoms with van der Waals surface area (Å²) in [5.74, 6) is 0.161. The summed E-state index contributed by atoms with van der Waals surface area (Å²) >= 11 is 0. The lowest BCUT2D eigenvalue weighted by Gasteiger charge is -2.06. The van der Waals surface area contributed by atoms with E-state index < -0.39 is 5.91 Å². The molecule has 0 aliphatic rings. The predicted molar refractivity (Wildman–Crippen MR) is 84.4 cm³/mol. The molecular formula is C16H16N2O5. The molecule has 0 saturated heterocycles. The van der Waals surface area contributed by atoms with E-state index in [0.29, 0.717) is 17.1 Å². The third-order valence-electron chi connectivity index (χ3n) is 3.05. The number of nitrogens with zero attached hydrogens (tertiary/aromatic N) is 1. The molecule has 2 aromatic rings. The van der Waals surface area contributed by atoms with Crippen molar-refractivity contribution in [2.45, 2.75) is 0 Å². The summed E-state index contributed by atoms with van der Waals surface area (Å²) in [6.45, 7) is 0. The third kappa shape index (κ3) is 3.91. The van der Waals surface area contributed by atoms with Crippen LogP contribution in [0.2, 0.25) is 0 Å². The largest absolute Gasteiger partial charge is 0.507 e. The number of carbonyl (C=O) groups excluding carboxylic acids is 1. The molecule has 0 saturated carbocycles. The van der Waals surface area contributed by atoms with Crippen LogP contribution in [-0.4, -0.2) is 36.6 Å². The first-order chi connectivity index (χ1) is 11.0. The van der Waals surface area contributed by atoms with Crippen LogP contribution < -0.4 is 14.9 Å². The van der Waals surface area contributed by atoms with Crippen molar-refractivity contribution in [1.29, 1.82) is 0 Å². The van der Waals surface area contributed by atoms with Crippen molar-refractivity contribution in [3.05, 3.63) is 47.5 Å². The molecule has 0 aliphatic carbocycles. The first-order valence-corrected chi connectivity index (χ1v) is 6.62. The van der Waals surface area contributed by atoms with Crippen LogP contribution in [0.15, 0.2) is 41.5 Å². The lowest BCUT2D eigenvalue weighted by atomic mass is 10.2. The van der Waals surface area contributed by atoms with E-state index in [1.54, 1.807) is 18.2 Å². The summed E-state index contributed by atoms with van der Waals surface area (Å²) < 4.78 is 9.98. The molecule has 1 amide bonds. The van der Waals surface area contributed by atoms with E-state index in [0.717, 1.165) is 0 Å². The molecule has 0 aliphatic heterocycles. The SMILES string of the molecule is COc1ccc(C(=O)NN=Cc2cc(OC)ccc2O)c(O)c1. The van der Waals surface area contributed by atoms with Gasteiger partial charge >= 0.3 is 0 Å². The number of aromatic hydroxyl groups is 2. The van der Waals surface area contributed by atoms with Crippen LogP contribution in [0.1, 0.15) is 15.9 Å². The van der Waals surface area contributed by atoms with Gasteiger partial charge in [0.25, 0.3) is 5.91 Å². The van der Waals surface area contributed by atoms with Gasteiger partial charge in [-0.2, -0.15) is 5.10 Å². The molecule has 0 unspecified atom stereocenters. The molecule has 7 heteroatoms. The van der Waals surface area contributed by atoms with Gasteiger partial charge in [-0.3, -0.25) is 4.79 Å². The van der Waals surface area contributed by atoms with Gasteiger partial charge in [-0.1, -0.05) is 0 Å². The maximum atomic E-state index is 12.0. The summed E-state index contributed by atoms with van der Waals surface area (Å²) in [6, 6.07) is 8.91. The zero-order chi connectivity index (χ0) is 16.8. The molecule has 2 aromatic carbocycles. The molecular weight excluding hydrogens is 300 g/mol. The van der Waals surface area contributed by atoms with Gasteiger partial charge in [-0.25, -0.2) is 5.43 Å². The lowest BCUT2D eigenvalue weighted by molar-refractivity contribution is 0.0952. The van der Waals surface area contributed by atoms with Crippen LogP contribution in [0.25, 0.3) is 0 Å². The first kappa shape index (κ1) is 16.2. The van der Waals surface area contributed by atoms with Gasteiger partial charge < -0.3 is 19.7 Å². The second-order valence-corrected chi connectivity index (χ2v) is 4.51. The number of amides is 1. The van der Waals surface area contributed by atoms with E-state index >= 15 is 0 Å². The fraction of sp³-hybridized carbons (Fsp3) is 0.125. The van der Waals surface area contributed by atoms with Gasteiger partial charge in [-0.15, -0.1) is 0 Å². The van der Waals surface area contributed by atoms with Gasteiger partial charge in [0.1, 0.15) is 23.0 Å². The molecule has 0 bridgehead atoms. The molecule has 0 spiro atoms. The van der Waals surface area contributed by atoms with Crippen LogP contribution >= 0.6 is 0 Å². The Balaban J connectivity index is 2.10. The summed E-state index contributed by atoms with van der Waals surface area (Å²) in [7, 11) is 2.96. The summed E-state index contributed by atoms with van der Waals surface area (Å²) in [6.07, 6.45) is 1.27. The van der Waals surface area contributed by atoms with Crippen molar-refractivity contribution in [1.82, 2.24) is 5.43 Å². The molecule has 0 heterocycles. The minimum Gasteiger partial charge on any atom is -0.507 e.